The van der Waals surface area contributed by atoms with Crippen molar-refractivity contribution in [3.63, 3.8) is 0 Å². The van der Waals surface area contributed by atoms with Gasteiger partial charge in [0.2, 0.25) is 0 Å². The number of anilines is 12. The maximum absolute atomic E-state index is 4.20. The first-order chi connectivity index (χ1) is 50.6. The van der Waals surface area contributed by atoms with Crippen molar-refractivity contribution in [2.45, 2.75) is 0 Å². The molecule has 18 rings (SSSR count). The minimum Gasteiger partial charge on any atom is -0.356 e. The van der Waals surface area contributed by atoms with E-state index in [4.69, 9.17) is 0 Å². The van der Waals surface area contributed by atoms with Gasteiger partial charge >= 0.3 is 0 Å². The van der Waals surface area contributed by atoms with Crippen molar-refractivity contribution >= 4 is 133 Å². The Hall–Kier alpha value is -13.7. The Morgan fingerprint density at radius 3 is 0.804 bits per heavy atom. The summed E-state index contributed by atoms with van der Waals surface area (Å²) in [6.07, 6.45) is 0. The summed E-state index contributed by atoms with van der Waals surface area (Å²) in [5.41, 5.74) is 23.3. The highest BCUT2D eigenvalue weighted by atomic mass is 14.9. The van der Waals surface area contributed by atoms with E-state index in [-0.39, 0.29) is 0 Å². The molecule has 6 heteroatoms. The predicted octanol–water partition coefficient (Wildman–Crippen LogP) is 27.4. The summed E-state index contributed by atoms with van der Waals surface area (Å²) >= 11 is 0. The SMILES string of the molecule is c1ccc(Nc2ccc(-c3c(Nc4ccccc4)cc4ccccc4c3-c3ccc4ccccc4c3Nc3ccc(-c4ccc(Nc5c(-c6c(-c7ccc(Nc8ccccc8)cc7)c(Nc7ccccc7)cc7ccccc67)ccc6ccccc56)c5ccccc45)c4ccccc34)cc2)cc1. The zero-order valence-corrected chi connectivity index (χ0v) is 55.8. The Morgan fingerprint density at radius 2 is 0.431 bits per heavy atom. The van der Waals surface area contributed by atoms with Crippen LogP contribution in [-0.4, -0.2) is 0 Å². The van der Waals surface area contributed by atoms with Gasteiger partial charge in [-0.2, -0.15) is 0 Å². The van der Waals surface area contributed by atoms with Crippen LogP contribution >= 0.6 is 0 Å². The molecule has 18 aromatic carbocycles. The van der Waals surface area contributed by atoms with Crippen LogP contribution in [0.2, 0.25) is 0 Å². The number of rotatable bonds is 17. The molecule has 0 aliphatic heterocycles. The van der Waals surface area contributed by atoms with Crippen molar-refractivity contribution in [1.82, 2.24) is 0 Å². The van der Waals surface area contributed by atoms with E-state index in [1.54, 1.807) is 0 Å². The topological polar surface area (TPSA) is 72.2 Å². The molecule has 0 aromatic heterocycles. The fraction of sp³-hybridized carbons (Fsp3) is 0. The van der Waals surface area contributed by atoms with Crippen LogP contribution in [0.4, 0.5) is 68.2 Å². The van der Waals surface area contributed by atoms with Gasteiger partial charge in [-0.15, -0.1) is 0 Å². The standard InChI is InChI=1S/C96H68N6/c1-5-29-69(30-6-1)97-73-51-45-65(46-52-73)91-89(99-71-33-9-3-10-34-71)61-67-27-15-17-37-75(67)93(91)85-55-49-63-25-13-19-39-77(63)95(85)101-87-59-57-81(79-41-21-23-43-83(79)87)82-58-60-88(84-44-24-22-42-80(82)84)102-96-78-40-20-14-26-64(78)50-56-86(96)94-76-38-18-16-28-68(76)62-90(100-72-35-11-4-12-36-72)92(94)66-47-53-74(54-48-66)98-70-31-7-2-8-32-70/h1-62,97-102H. The second-order valence-electron chi connectivity index (χ2n) is 26.0. The Balaban J connectivity index is 0.767. The summed E-state index contributed by atoms with van der Waals surface area (Å²) < 4.78 is 0. The van der Waals surface area contributed by atoms with Gasteiger partial charge in [-0.1, -0.05) is 279 Å². The first-order valence-electron chi connectivity index (χ1n) is 34.8. The molecule has 0 heterocycles. The van der Waals surface area contributed by atoms with E-state index in [2.05, 4.69) is 396 Å². The third-order valence-corrected chi connectivity index (χ3v) is 19.7. The van der Waals surface area contributed by atoms with Crippen LogP contribution in [0, 0.1) is 0 Å². The second kappa shape index (κ2) is 26.6. The van der Waals surface area contributed by atoms with Gasteiger partial charge in [-0.3, -0.25) is 0 Å². The minimum atomic E-state index is 1.01. The molecule has 0 amide bonds. The first kappa shape index (κ1) is 60.7. The number of hydrogen-bond acceptors (Lipinski definition) is 6. The van der Waals surface area contributed by atoms with E-state index in [0.717, 1.165) is 189 Å². The summed E-state index contributed by atoms with van der Waals surface area (Å²) in [6.45, 7) is 0. The van der Waals surface area contributed by atoms with Gasteiger partial charge in [0.25, 0.3) is 0 Å². The number of para-hydroxylation sites is 4. The van der Waals surface area contributed by atoms with Crippen LogP contribution in [0.15, 0.2) is 376 Å². The van der Waals surface area contributed by atoms with Crippen molar-refractivity contribution in [3.8, 4) is 55.6 Å². The van der Waals surface area contributed by atoms with Crippen molar-refractivity contribution in [3.05, 3.63) is 376 Å². The van der Waals surface area contributed by atoms with Gasteiger partial charge in [-0.25, -0.2) is 0 Å². The molecule has 0 atom stereocenters. The lowest BCUT2D eigenvalue weighted by Gasteiger charge is -2.24. The molecule has 0 saturated carbocycles. The molecule has 102 heavy (non-hydrogen) atoms. The third-order valence-electron chi connectivity index (χ3n) is 19.7. The summed E-state index contributed by atoms with van der Waals surface area (Å²) in [7, 11) is 0. The number of benzene rings is 18. The molecule has 6 nitrogen and oxygen atoms in total. The van der Waals surface area contributed by atoms with Gasteiger partial charge in [0.15, 0.2) is 0 Å². The molecule has 0 aliphatic rings. The van der Waals surface area contributed by atoms with Gasteiger partial charge in [0.05, 0.1) is 11.4 Å². The van der Waals surface area contributed by atoms with Crippen LogP contribution < -0.4 is 31.9 Å². The molecule has 6 N–H and O–H groups in total. The first-order valence-corrected chi connectivity index (χ1v) is 34.8. The van der Waals surface area contributed by atoms with Gasteiger partial charge in [0.1, 0.15) is 0 Å². The molecule has 0 aliphatic carbocycles. The van der Waals surface area contributed by atoms with Crippen LogP contribution in [0.5, 0.6) is 0 Å². The fourth-order valence-corrected chi connectivity index (χ4v) is 15.0. The molecular weight excluding hydrogens is 1240 g/mol. The molecule has 18 aromatic rings. The highest BCUT2D eigenvalue weighted by molar-refractivity contribution is 6.20. The van der Waals surface area contributed by atoms with Gasteiger partial charge in [0, 0.05) is 112 Å². The van der Waals surface area contributed by atoms with Crippen molar-refractivity contribution in [1.29, 1.82) is 0 Å². The Morgan fingerprint density at radius 1 is 0.147 bits per heavy atom. The summed E-state index contributed by atoms with van der Waals surface area (Å²) in [6, 6.07) is 135. The summed E-state index contributed by atoms with van der Waals surface area (Å²) in [5.74, 6) is 0. The Bertz CT molecular complexity index is 5780. The number of fused-ring (bicyclic) bond motifs is 6. The molecule has 0 saturated heterocycles. The highest BCUT2D eigenvalue weighted by Crippen LogP contribution is 2.52. The summed E-state index contributed by atoms with van der Waals surface area (Å²) in [5, 5.41) is 37.1. The van der Waals surface area contributed by atoms with E-state index < -0.39 is 0 Å². The lowest BCUT2D eigenvalue weighted by Crippen LogP contribution is -2.01. The van der Waals surface area contributed by atoms with Crippen LogP contribution in [0.3, 0.4) is 0 Å². The average Bonchev–Trinajstić information content (AvgIpc) is 0.744. The maximum atomic E-state index is 4.20. The van der Waals surface area contributed by atoms with E-state index in [9.17, 15) is 0 Å². The van der Waals surface area contributed by atoms with Crippen LogP contribution in [0.1, 0.15) is 0 Å². The monoisotopic (exact) mass is 1300 g/mol. The quantitative estimate of drug-likeness (QED) is 0.0546. The molecule has 0 bridgehead atoms. The zero-order valence-electron chi connectivity index (χ0n) is 55.8. The molecule has 0 fully saturated rings. The maximum Gasteiger partial charge on any atom is 0.0544 e. The Kier molecular flexibility index (Phi) is 15.8. The van der Waals surface area contributed by atoms with E-state index >= 15 is 0 Å². The molecule has 0 radical (unpaired) electrons. The molecule has 482 valence electrons. The van der Waals surface area contributed by atoms with Crippen molar-refractivity contribution < 1.29 is 0 Å². The van der Waals surface area contributed by atoms with Crippen molar-refractivity contribution in [2.24, 2.45) is 0 Å². The average molecular weight is 1310 g/mol. The Labute approximate surface area is 592 Å². The lowest BCUT2D eigenvalue weighted by molar-refractivity contribution is 1.52. The largest absolute Gasteiger partial charge is 0.356 e. The van der Waals surface area contributed by atoms with Crippen LogP contribution in [-0.2, 0) is 0 Å². The predicted molar refractivity (Wildman–Crippen MR) is 437 cm³/mol. The number of hydrogen-bond donors (Lipinski definition) is 6. The highest BCUT2D eigenvalue weighted by Gasteiger charge is 2.25. The smallest absolute Gasteiger partial charge is 0.0544 e. The minimum absolute atomic E-state index is 1.01. The summed E-state index contributed by atoms with van der Waals surface area (Å²) in [4.78, 5) is 0. The van der Waals surface area contributed by atoms with E-state index in [1.165, 1.54) is 0 Å². The van der Waals surface area contributed by atoms with Crippen molar-refractivity contribution in [2.75, 3.05) is 31.9 Å². The van der Waals surface area contributed by atoms with E-state index in [1.807, 2.05) is 12.1 Å². The van der Waals surface area contributed by atoms with Gasteiger partial charge in [-0.05, 0) is 162 Å². The third kappa shape index (κ3) is 11.6. The van der Waals surface area contributed by atoms with Crippen LogP contribution in [0.25, 0.3) is 120 Å². The second-order valence-corrected chi connectivity index (χ2v) is 26.0. The fourth-order valence-electron chi connectivity index (χ4n) is 15.0. The zero-order chi connectivity index (χ0) is 67.7. The number of nitrogens with one attached hydrogen (secondary N) is 6. The normalized spacial score (nSPS) is 11.3. The molecule has 0 unspecified atom stereocenters. The molecule has 0 spiro atoms. The van der Waals surface area contributed by atoms with Gasteiger partial charge < -0.3 is 31.9 Å². The van der Waals surface area contributed by atoms with E-state index in [0.29, 0.717) is 0 Å². The lowest BCUT2D eigenvalue weighted by atomic mass is 9.86. The molecular formula is C96H68N6.